The van der Waals surface area contributed by atoms with E-state index < -0.39 is 21.6 Å². The van der Waals surface area contributed by atoms with Crippen LogP contribution >= 0.6 is 0 Å². The number of sulfone groups is 1. The van der Waals surface area contributed by atoms with Crippen molar-refractivity contribution in [2.24, 2.45) is 0 Å². The summed E-state index contributed by atoms with van der Waals surface area (Å²) in [6.07, 6.45) is -3.39. The van der Waals surface area contributed by atoms with E-state index in [0.717, 1.165) is 23.2 Å². The topological polar surface area (TPSA) is 77.7 Å². The summed E-state index contributed by atoms with van der Waals surface area (Å²) in [5.74, 6) is -0.166. The van der Waals surface area contributed by atoms with E-state index in [1.807, 2.05) is 0 Å². The van der Waals surface area contributed by atoms with Crippen molar-refractivity contribution in [1.82, 2.24) is 20.2 Å². The molecule has 6 nitrogen and oxygen atoms in total. The van der Waals surface area contributed by atoms with Crippen LogP contribution in [0.2, 0.25) is 0 Å². The molecule has 0 atom stereocenters. The Hall–Kier alpha value is -1.97. The van der Waals surface area contributed by atoms with E-state index in [1.165, 1.54) is 12.1 Å². The second kappa shape index (κ2) is 5.43. The van der Waals surface area contributed by atoms with Crippen molar-refractivity contribution in [3.63, 3.8) is 0 Å². The zero-order chi connectivity index (χ0) is 15.7. The van der Waals surface area contributed by atoms with Crippen molar-refractivity contribution in [3.05, 3.63) is 29.8 Å². The van der Waals surface area contributed by atoms with Gasteiger partial charge in [0, 0.05) is 11.8 Å². The van der Waals surface area contributed by atoms with Gasteiger partial charge in [-0.3, -0.25) is 0 Å². The predicted molar refractivity (Wildman–Crippen MR) is 68.0 cm³/mol. The summed E-state index contributed by atoms with van der Waals surface area (Å²) in [5, 5.41) is 11.1. The third kappa shape index (κ3) is 4.25. The quantitative estimate of drug-likeness (QED) is 0.851. The van der Waals surface area contributed by atoms with Crippen LogP contribution in [0.5, 0.6) is 0 Å². The van der Waals surface area contributed by atoms with Gasteiger partial charge in [0.25, 0.3) is 0 Å². The first-order valence-corrected chi connectivity index (χ1v) is 7.84. The van der Waals surface area contributed by atoms with E-state index in [0.29, 0.717) is 0 Å². The van der Waals surface area contributed by atoms with Gasteiger partial charge in [-0.1, -0.05) is 12.1 Å². The van der Waals surface area contributed by atoms with Crippen molar-refractivity contribution < 1.29 is 21.6 Å². The fraction of sp³-hybridized carbons (Fsp3) is 0.364. The van der Waals surface area contributed by atoms with E-state index in [1.54, 1.807) is 0 Å². The smallest absolute Gasteiger partial charge is 0.229 e. The lowest BCUT2D eigenvalue weighted by Crippen LogP contribution is -2.13. The highest BCUT2D eigenvalue weighted by atomic mass is 32.2. The van der Waals surface area contributed by atoms with Gasteiger partial charge in [-0.15, -0.1) is 10.2 Å². The largest absolute Gasteiger partial charge is 0.416 e. The zero-order valence-electron chi connectivity index (χ0n) is 10.9. The molecule has 0 spiro atoms. The second-order valence-corrected chi connectivity index (χ2v) is 6.68. The maximum Gasteiger partial charge on any atom is 0.416 e. The van der Waals surface area contributed by atoms with Gasteiger partial charge in [-0.05, 0) is 17.3 Å². The molecule has 0 bridgehead atoms. The molecule has 0 aliphatic carbocycles. The third-order valence-electron chi connectivity index (χ3n) is 2.56. The van der Waals surface area contributed by atoms with Crippen molar-refractivity contribution in [3.8, 4) is 11.4 Å². The number of nitrogens with zero attached hydrogens (tertiary/aromatic N) is 4. The van der Waals surface area contributed by atoms with E-state index >= 15 is 0 Å². The van der Waals surface area contributed by atoms with Crippen molar-refractivity contribution in [2.75, 3.05) is 12.0 Å². The van der Waals surface area contributed by atoms with Gasteiger partial charge >= 0.3 is 6.18 Å². The van der Waals surface area contributed by atoms with E-state index in [-0.39, 0.29) is 23.7 Å². The molecule has 0 aliphatic rings. The molecule has 0 aliphatic heterocycles. The molecule has 0 saturated heterocycles. The monoisotopic (exact) mass is 320 g/mol. The van der Waals surface area contributed by atoms with Crippen LogP contribution in [-0.2, 0) is 22.6 Å². The number of aromatic nitrogens is 4. The molecule has 0 fully saturated rings. The van der Waals surface area contributed by atoms with E-state index in [9.17, 15) is 21.6 Å². The van der Waals surface area contributed by atoms with Gasteiger partial charge in [0.15, 0.2) is 0 Å². The summed E-state index contributed by atoms with van der Waals surface area (Å²) in [6.45, 7) is -0.00913. The molecule has 0 unspecified atom stereocenters. The summed E-state index contributed by atoms with van der Waals surface area (Å²) in [6, 6.07) is 4.53. The number of rotatable bonds is 4. The first kappa shape index (κ1) is 15.4. The summed E-state index contributed by atoms with van der Waals surface area (Å²) < 4.78 is 59.9. The Morgan fingerprint density at radius 2 is 2.00 bits per heavy atom. The lowest BCUT2D eigenvalue weighted by Gasteiger charge is -2.06. The highest BCUT2D eigenvalue weighted by Crippen LogP contribution is 2.31. The summed E-state index contributed by atoms with van der Waals surface area (Å²) in [4.78, 5) is 1.04. The van der Waals surface area contributed by atoms with Gasteiger partial charge in [0.2, 0.25) is 5.82 Å². The molecule has 2 rings (SSSR count). The Morgan fingerprint density at radius 3 is 2.62 bits per heavy atom. The van der Waals surface area contributed by atoms with Crippen LogP contribution in [0.25, 0.3) is 11.4 Å². The number of hydrogen-bond acceptors (Lipinski definition) is 5. The molecular weight excluding hydrogens is 309 g/mol. The minimum atomic E-state index is -4.46. The Morgan fingerprint density at radius 1 is 1.29 bits per heavy atom. The number of alkyl halides is 3. The van der Waals surface area contributed by atoms with E-state index in [2.05, 4.69) is 15.4 Å². The van der Waals surface area contributed by atoms with Crippen molar-refractivity contribution >= 4 is 9.84 Å². The molecule has 1 aromatic heterocycles. The molecule has 0 amide bonds. The normalized spacial score (nSPS) is 12.6. The third-order valence-corrected chi connectivity index (χ3v) is 3.49. The van der Waals surface area contributed by atoms with E-state index in [4.69, 9.17) is 0 Å². The average Bonchev–Trinajstić information content (AvgIpc) is 2.83. The number of halogens is 3. The fourth-order valence-corrected chi connectivity index (χ4v) is 2.03. The van der Waals surface area contributed by atoms with Crippen LogP contribution in [0.3, 0.4) is 0 Å². The average molecular weight is 320 g/mol. The highest BCUT2D eigenvalue weighted by molar-refractivity contribution is 7.90. The molecule has 1 aromatic carbocycles. The Labute approximate surface area is 118 Å². The van der Waals surface area contributed by atoms with Gasteiger partial charge < -0.3 is 0 Å². The van der Waals surface area contributed by atoms with Crippen molar-refractivity contribution in [1.29, 1.82) is 0 Å². The first-order chi connectivity index (χ1) is 9.65. The van der Waals surface area contributed by atoms with Gasteiger partial charge in [-0.2, -0.15) is 18.0 Å². The maximum absolute atomic E-state index is 12.6. The standard InChI is InChI=1S/C11H11F3N4O2S/c1-21(19,20)6-5-18-16-10(15-17-18)8-3-2-4-9(7-8)11(12,13)14/h2-4,7H,5-6H2,1H3. The number of benzene rings is 1. The summed E-state index contributed by atoms with van der Waals surface area (Å²) >= 11 is 0. The van der Waals surface area contributed by atoms with Gasteiger partial charge in [0.05, 0.1) is 17.9 Å². The minimum Gasteiger partial charge on any atom is -0.229 e. The molecule has 1 heterocycles. The highest BCUT2D eigenvalue weighted by Gasteiger charge is 2.30. The van der Waals surface area contributed by atoms with Crippen LogP contribution in [0, 0.1) is 0 Å². The molecule has 114 valence electrons. The number of hydrogen-bond donors (Lipinski definition) is 0. The molecule has 10 heteroatoms. The molecule has 2 aromatic rings. The number of aryl methyl sites for hydroxylation is 1. The van der Waals surface area contributed by atoms with Crippen LogP contribution < -0.4 is 0 Å². The van der Waals surface area contributed by atoms with Crippen LogP contribution in [0.15, 0.2) is 24.3 Å². The molecule has 21 heavy (non-hydrogen) atoms. The molecule has 0 N–H and O–H groups in total. The Kier molecular flexibility index (Phi) is 3.99. The van der Waals surface area contributed by atoms with Gasteiger partial charge in [-0.25, -0.2) is 8.42 Å². The Bertz CT molecular complexity index is 740. The molecule has 0 saturated carbocycles. The first-order valence-electron chi connectivity index (χ1n) is 5.78. The fourth-order valence-electron chi connectivity index (χ4n) is 1.54. The second-order valence-electron chi connectivity index (χ2n) is 4.42. The maximum atomic E-state index is 12.6. The van der Waals surface area contributed by atoms with Crippen LogP contribution in [0.1, 0.15) is 5.56 Å². The number of tetrazole rings is 1. The summed E-state index contributed by atoms with van der Waals surface area (Å²) in [5.41, 5.74) is -0.650. The molecule has 0 radical (unpaired) electrons. The summed E-state index contributed by atoms with van der Waals surface area (Å²) in [7, 11) is -3.18. The van der Waals surface area contributed by atoms with Gasteiger partial charge in [0.1, 0.15) is 9.84 Å². The molecular formula is C11H11F3N4O2S. The minimum absolute atomic E-state index is 0.00889. The van der Waals surface area contributed by atoms with Crippen LogP contribution in [-0.4, -0.2) is 40.6 Å². The van der Waals surface area contributed by atoms with Crippen molar-refractivity contribution in [2.45, 2.75) is 12.7 Å². The SMILES string of the molecule is CS(=O)(=O)CCn1nnc(-c2cccc(C(F)(F)F)c2)n1. The zero-order valence-corrected chi connectivity index (χ0v) is 11.7. The predicted octanol–water partition coefficient (Wildman–Crippen LogP) is 1.40. The Balaban J connectivity index is 2.22. The van der Waals surface area contributed by atoms with Crippen LogP contribution in [0.4, 0.5) is 13.2 Å². The lowest BCUT2D eigenvalue weighted by molar-refractivity contribution is -0.137. The lowest BCUT2D eigenvalue weighted by atomic mass is 10.1.